The van der Waals surface area contributed by atoms with Crippen molar-refractivity contribution in [2.24, 2.45) is 0 Å². The molecule has 0 fully saturated rings. The lowest BCUT2D eigenvalue weighted by Gasteiger charge is -2.12. The molecular formula is C16H17ClN6O. The maximum absolute atomic E-state index is 11.9. The van der Waals surface area contributed by atoms with Gasteiger partial charge in [0.15, 0.2) is 0 Å². The molecule has 0 aliphatic carbocycles. The van der Waals surface area contributed by atoms with Gasteiger partial charge in [0.1, 0.15) is 0 Å². The molecule has 0 bridgehead atoms. The standard InChI is InChI=1S/C16H17ClN6O/c1-11(9-23-10-13(17)8-20-23)14-5-15(24)22-16(21-14)19-7-12-3-2-4-18-6-12/h2-6,8,10-11H,7,9H2,1H3,(H2,19,21,22,24). The predicted molar refractivity (Wildman–Crippen MR) is 92.1 cm³/mol. The highest BCUT2D eigenvalue weighted by molar-refractivity contribution is 6.30. The first-order valence-corrected chi connectivity index (χ1v) is 7.90. The molecule has 2 N–H and O–H groups in total. The van der Waals surface area contributed by atoms with Gasteiger partial charge in [-0.2, -0.15) is 5.10 Å². The molecule has 0 spiro atoms. The van der Waals surface area contributed by atoms with Gasteiger partial charge in [0.25, 0.3) is 5.56 Å². The fraction of sp³-hybridized carbons (Fsp3) is 0.250. The second-order valence-electron chi connectivity index (χ2n) is 5.52. The number of pyridine rings is 1. The summed E-state index contributed by atoms with van der Waals surface area (Å²) in [7, 11) is 0. The van der Waals surface area contributed by atoms with Crippen LogP contribution in [-0.4, -0.2) is 24.7 Å². The second-order valence-corrected chi connectivity index (χ2v) is 5.95. The molecule has 0 saturated heterocycles. The third-order valence-corrected chi connectivity index (χ3v) is 3.71. The summed E-state index contributed by atoms with van der Waals surface area (Å²) < 4.78 is 1.73. The smallest absolute Gasteiger partial charge is 0.252 e. The zero-order valence-electron chi connectivity index (χ0n) is 13.1. The Bertz CT molecular complexity index is 860. The molecule has 1 atom stereocenters. The van der Waals surface area contributed by atoms with Crippen LogP contribution in [0.3, 0.4) is 0 Å². The number of H-pyrrole nitrogens is 1. The van der Waals surface area contributed by atoms with E-state index in [1.807, 2.05) is 19.1 Å². The highest BCUT2D eigenvalue weighted by Crippen LogP contribution is 2.16. The van der Waals surface area contributed by atoms with Crippen LogP contribution in [0.5, 0.6) is 0 Å². The molecule has 3 heterocycles. The topological polar surface area (TPSA) is 88.5 Å². The third kappa shape index (κ3) is 4.20. The van der Waals surface area contributed by atoms with Gasteiger partial charge in [0.2, 0.25) is 5.95 Å². The molecule has 3 aromatic heterocycles. The molecule has 0 amide bonds. The van der Waals surface area contributed by atoms with E-state index in [9.17, 15) is 4.79 Å². The summed E-state index contributed by atoms with van der Waals surface area (Å²) in [6.45, 7) is 3.11. The Morgan fingerprint density at radius 1 is 1.42 bits per heavy atom. The van der Waals surface area contributed by atoms with Gasteiger partial charge in [-0.3, -0.25) is 19.4 Å². The Hall–Kier alpha value is -2.67. The van der Waals surface area contributed by atoms with Gasteiger partial charge in [-0.25, -0.2) is 4.98 Å². The number of hydrogen-bond donors (Lipinski definition) is 2. The molecule has 124 valence electrons. The van der Waals surface area contributed by atoms with E-state index in [0.29, 0.717) is 29.8 Å². The lowest BCUT2D eigenvalue weighted by molar-refractivity contribution is 0.534. The number of halogens is 1. The summed E-state index contributed by atoms with van der Waals surface area (Å²) in [5.74, 6) is 0.453. The van der Waals surface area contributed by atoms with E-state index >= 15 is 0 Å². The van der Waals surface area contributed by atoms with Crippen LogP contribution in [0.1, 0.15) is 24.1 Å². The van der Waals surface area contributed by atoms with Crippen molar-refractivity contribution in [1.29, 1.82) is 0 Å². The molecule has 24 heavy (non-hydrogen) atoms. The molecular weight excluding hydrogens is 328 g/mol. The second kappa shape index (κ2) is 7.27. The third-order valence-electron chi connectivity index (χ3n) is 3.51. The lowest BCUT2D eigenvalue weighted by atomic mass is 10.1. The summed E-state index contributed by atoms with van der Waals surface area (Å²) >= 11 is 5.87. The van der Waals surface area contributed by atoms with Crippen molar-refractivity contribution in [1.82, 2.24) is 24.7 Å². The van der Waals surface area contributed by atoms with Crippen molar-refractivity contribution in [2.45, 2.75) is 25.9 Å². The summed E-state index contributed by atoms with van der Waals surface area (Å²) in [6.07, 6.45) is 6.81. The van der Waals surface area contributed by atoms with Crippen LogP contribution in [-0.2, 0) is 13.1 Å². The van der Waals surface area contributed by atoms with Gasteiger partial charge in [0, 0.05) is 43.7 Å². The molecule has 7 nitrogen and oxygen atoms in total. The van der Waals surface area contributed by atoms with Crippen LogP contribution in [0.2, 0.25) is 5.02 Å². The van der Waals surface area contributed by atoms with E-state index in [-0.39, 0.29) is 11.5 Å². The van der Waals surface area contributed by atoms with Gasteiger partial charge in [-0.15, -0.1) is 0 Å². The molecule has 0 aliphatic rings. The number of nitrogens with one attached hydrogen (secondary N) is 2. The maximum atomic E-state index is 11.9. The fourth-order valence-electron chi connectivity index (χ4n) is 2.31. The monoisotopic (exact) mass is 344 g/mol. The number of rotatable bonds is 6. The van der Waals surface area contributed by atoms with Crippen LogP contribution in [0.25, 0.3) is 0 Å². The average Bonchev–Trinajstić information content (AvgIpc) is 2.98. The fourth-order valence-corrected chi connectivity index (χ4v) is 2.47. The number of hydrogen-bond acceptors (Lipinski definition) is 5. The van der Waals surface area contributed by atoms with Crippen LogP contribution in [0.4, 0.5) is 5.95 Å². The van der Waals surface area contributed by atoms with Crippen molar-refractivity contribution in [3.63, 3.8) is 0 Å². The number of anilines is 1. The van der Waals surface area contributed by atoms with E-state index in [1.54, 1.807) is 29.5 Å². The van der Waals surface area contributed by atoms with Crippen LogP contribution >= 0.6 is 11.6 Å². The normalized spacial score (nSPS) is 12.1. The largest absolute Gasteiger partial charge is 0.352 e. The lowest BCUT2D eigenvalue weighted by Crippen LogP contribution is -2.17. The van der Waals surface area contributed by atoms with E-state index in [2.05, 4.69) is 25.4 Å². The molecule has 1 unspecified atom stereocenters. The summed E-state index contributed by atoms with van der Waals surface area (Å²) in [5.41, 5.74) is 1.50. The van der Waals surface area contributed by atoms with Crippen LogP contribution in [0.15, 0.2) is 47.8 Å². The minimum Gasteiger partial charge on any atom is -0.352 e. The average molecular weight is 345 g/mol. The van der Waals surface area contributed by atoms with Crippen molar-refractivity contribution in [2.75, 3.05) is 5.32 Å². The van der Waals surface area contributed by atoms with E-state index in [1.165, 1.54) is 6.07 Å². The Kier molecular flexibility index (Phi) is 4.90. The SMILES string of the molecule is CC(Cn1cc(Cl)cn1)c1cc(=O)[nH]c(NCc2cccnc2)n1. The highest BCUT2D eigenvalue weighted by Gasteiger charge is 2.11. The van der Waals surface area contributed by atoms with E-state index in [4.69, 9.17) is 11.6 Å². The Morgan fingerprint density at radius 2 is 2.29 bits per heavy atom. The first kappa shape index (κ1) is 16.2. The Morgan fingerprint density at radius 3 is 3.00 bits per heavy atom. The van der Waals surface area contributed by atoms with Crippen molar-refractivity contribution in [3.8, 4) is 0 Å². The zero-order valence-corrected chi connectivity index (χ0v) is 13.9. The van der Waals surface area contributed by atoms with Gasteiger partial charge < -0.3 is 5.32 Å². The highest BCUT2D eigenvalue weighted by atomic mass is 35.5. The summed E-state index contributed by atoms with van der Waals surface area (Å²) in [5, 5.41) is 7.85. The Labute approximate surface area is 143 Å². The van der Waals surface area contributed by atoms with Gasteiger partial charge in [-0.1, -0.05) is 24.6 Å². The van der Waals surface area contributed by atoms with Crippen LogP contribution < -0.4 is 10.9 Å². The molecule has 8 heteroatoms. The van der Waals surface area contributed by atoms with Gasteiger partial charge >= 0.3 is 0 Å². The van der Waals surface area contributed by atoms with Gasteiger partial charge in [0.05, 0.1) is 16.9 Å². The van der Waals surface area contributed by atoms with Crippen molar-refractivity contribution >= 4 is 17.5 Å². The van der Waals surface area contributed by atoms with Gasteiger partial charge in [-0.05, 0) is 11.6 Å². The molecule has 0 saturated carbocycles. The van der Waals surface area contributed by atoms with E-state index < -0.39 is 0 Å². The number of aromatic amines is 1. The molecule has 3 aromatic rings. The molecule has 0 aromatic carbocycles. The maximum Gasteiger partial charge on any atom is 0.252 e. The summed E-state index contributed by atoms with van der Waals surface area (Å²) in [4.78, 5) is 23.1. The van der Waals surface area contributed by atoms with Crippen molar-refractivity contribution < 1.29 is 0 Å². The van der Waals surface area contributed by atoms with E-state index in [0.717, 1.165) is 5.56 Å². The quantitative estimate of drug-likeness (QED) is 0.717. The summed E-state index contributed by atoms with van der Waals surface area (Å²) in [6, 6.07) is 5.32. The number of nitrogens with zero attached hydrogens (tertiary/aromatic N) is 4. The van der Waals surface area contributed by atoms with Crippen LogP contribution in [0, 0.1) is 0 Å². The number of aromatic nitrogens is 5. The Balaban J connectivity index is 1.72. The first-order valence-electron chi connectivity index (χ1n) is 7.52. The minimum absolute atomic E-state index is 0.0159. The molecule has 0 aliphatic heterocycles. The zero-order chi connectivity index (χ0) is 16.9. The molecule has 0 radical (unpaired) electrons. The molecule has 3 rings (SSSR count). The predicted octanol–water partition coefficient (Wildman–Crippen LogP) is 2.43. The minimum atomic E-state index is -0.195. The first-order chi connectivity index (χ1) is 11.6. The van der Waals surface area contributed by atoms with Crippen molar-refractivity contribution in [3.05, 3.63) is 69.6 Å².